The van der Waals surface area contributed by atoms with Gasteiger partial charge < -0.3 is 5.32 Å². The summed E-state index contributed by atoms with van der Waals surface area (Å²) >= 11 is 0. The number of nitrogens with one attached hydrogen (secondary N) is 1. The van der Waals surface area contributed by atoms with Gasteiger partial charge in [-0.15, -0.1) is 5.10 Å². The molecular weight excluding hydrogens is 474 g/mol. The minimum Gasteiger partial charge on any atom is -0.321 e. The molecule has 0 aliphatic rings. The molecule has 4 aromatic rings. The molecule has 1 aromatic heterocycles. The van der Waals surface area contributed by atoms with Crippen LogP contribution >= 0.6 is 0 Å². The van der Waals surface area contributed by atoms with Gasteiger partial charge in [0.15, 0.2) is 5.69 Å². The highest BCUT2D eigenvalue weighted by atomic mass is 19.4. The van der Waals surface area contributed by atoms with Crippen LogP contribution in [0.2, 0.25) is 0 Å². The lowest BCUT2D eigenvalue weighted by molar-refractivity contribution is -0.143. The Hall–Kier alpha value is -4.15. The van der Waals surface area contributed by atoms with Gasteiger partial charge in [-0.3, -0.25) is 4.79 Å². The molecule has 11 heteroatoms. The molecule has 0 saturated carbocycles. The fraction of sp³-hybridized carbons (Fsp3) is 0.125. The van der Waals surface area contributed by atoms with Crippen molar-refractivity contribution in [3.63, 3.8) is 0 Å². The fourth-order valence-corrected chi connectivity index (χ4v) is 3.45. The summed E-state index contributed by atoms with van der Waals surface area (Å²) in [6.45, 7) is -0.483. The average molecular weight is 490 g/mol. The van der Waals surface area contributed by atoms with Crippen LogP contribution < -0.4 is 5.32 Å². The molecule has 0 aliphatic carbocycles. The Morgan fingerprint density at radius 1 is 0.800 bits per heavy atom. The summed E-state index contributed by atoms with van der Waals surface area (Å²) in [5.41, 5.74) is -2.24. The molecule has 0 unspecified atom stereocenters. The predicted octanol–water partition coefficient (Wildman–Crippen LogP) is 6.28. The van der Waals surface area contributed by atoms with E-state index < -0.39 is 35.9 Å². The number of carbonyl (C=O) groups excluding carboxylic acids is 1. The van der Waals surface area contributed by atoms with Gasteiger partial charge in [-0.2, -0.15) is 26.3 Å². The number of rotatable bonds is 5. The van der Waals surface area contributed by atoms with Crippen LogP contribution in [0.25, 0.3) is 11.3 Å². The van der Waals surface area contributed by atoms with Gasteiger partial charge >= 0.3 is 12.4 Å². The van der Waals surface area contributed by atoms with Gasteiger partial charge in [0.2, 0.25) is 0 Å². The van der Waals surface area contributed by atoms with Gasteiger partial charge in [0, 0.05) is 11.3 Å². The summed E-state index contributed by atoms with van der Waals surface area (Å²) in [5.74, 6) is -0.638. The first-order chi connectivity index (χ1) is 16.5. The van der Waals surface area contributed by atoms with Crippen LogP contribution in [-0.4, -0.2) is 20.9 Å². The second-order valence-electron chi connectivity index (χ2n) is 7.54. The van der Waals surface area contributed by atoms with Crippen LogP contribution in [-0.2, 0) is 18.9 Å². The largest absolute Gasteiger partial charge is 0.416 e. The van der Waals surface area contributed by atoms with Crippen molar-refractivity contribution in [2.45, 2.75) is 18.9 Å². The minimum atomic E-state index is -4.98. The van der Waals surface area contributed by atoms with E-state index >= 15 is 0 Å². The number of anilines is 1. The normalized spacial score (nSPS) is 11.9. The van der Waals surface area contributed by atoms with Gasteiger partial charge in [0.05, 0.1) is 17.7 Å². The molecule has 0 atom stereocenters. The number of hydrogen-bond donors (Lipinski definition) is 1. The van der Waals surface area contributed by atoms with E-state index in [9.17, 15) is 31.1 Å². The Kier molecular flexibility index (Phi) is 6.33. The molecule has 4 rings (SSSR count). The number of carbonyl (C=O) groups is 1. The van der Waals surface area contributed by atoms with E-state index in [0.717, 1.165) is 4.68 Å². The van der Waals surface area contributed by atoms with Gasteiger partial charge in [0.1, 0.15) is 5.69 Å². The quantitative estimate of drug-likeness (QED) is 0.335. The van der Waals surface area contributed by atoms with Gasteiger partial charge in [-0.05, 0) is 35.9 Å². The summed E-state index contributed by atoms with van der Waals surface area (Å²) in [5, 5.41) is 10.4. The van der Waals surface area contributed by atoms with Crippen LogP contribution in [0.5, 0.6) is 0 Å². The third-order valence-corrected chi connectivity index (χ3v) is 5.01. The Labute approximate surface area is 195 Å². The van der Waals surface area contributed by atoms with Crippen molar-refractivity contribution in [2.75, 3.05) is 5.32 Å². The average Bonchev–Trinajstić information content (AvgIpc) is 3.22. The number of para-hydroxylation sites is 1. The maximum atomic E-state index is 13.3. The number of halogens is 6. The number of aromatic nitrogens is 3. The number of benzene rings is 3. The Bertz CT molecular complexity index is 1300. The molecule has 0 spiro atoms. The molecule has 0 radical (unpaired) electrons. The molecule has 0 fully saturated rings. The van der Waals surface area contributed by atoms with E-state index in [1.54, 1.807) is 60.7 Å². The first-order valence-electron chi connectivity index (χ1n) is 10.2. The van der Waals surface area contributed by atoms with Crippen molar-refractivity contribution in [1.82, 2.24) is 15.0 Å². The van der Waals surface area contributed by atoms with Crippen LogP contribution in [0, 0.1) is 0 Å². The van der Waals surface area contributed by atoms with Crippen molar-refractivity contribution in [3.8, 4) is 11.3 Å². The van der Waals surface area contributed by atoms with E-state index in [1.807, 2.05) is 0 Å². The number of hydrogen-bond acceptors (Lipinski definition) is 3. The number of amides is 1. The zero-order valence-electron chi connectivity index (χ0n) is 17.7. The topological polar surface area (TPSA) is 59.8 Å². The molecule has 180 valence electrons. The zero-order chi connectivity index (χ0) is 25.2. The standard InChI is InChI=1S/C24H16F6N4O/c25-23(26,27)17-11-15(12-18(13-17)24(28,29)30)14-34-21(16-7-3-1-4-8-16)20(32-33-34)22(35)31-19-9-5-2-6-10-19/h1-13H,14H2,(H,31,35). The highest BCUT2D eigenvalue weighted by molar-refractivity contribution is 6.06. The molecule has 1 N–H and O–H groups in total. The molecule has 1 amide bonds. The maximum absolute atomic E-state index is 13.3. The summed E-state index contributed by atoms with van der Waals surface area (Å²) in [6, 6.07) is 18.0. The van der Waals surface area contributed by atoms with Crippen LogP contribution in [0.1, 0.15) is 27.2 Å². The molecule has 0 saturated heterocycles. The molecule has 0 bridgehead atoms. The summed E-state index contributed by atoms with van der Waals surface area (Å²) < 4.78 is 80.8. The molecule has 3 aromatic carbocycles. The van der Waals surface area contributed by atoms with Crippen LogP contribution in [0.3, 0.4) is 0 Å². The van der Waals surface area contributed by atoms with E-state index in [-0.39, 0.29) is 23.0 Å². The van der Waals surface area contributed by atoms with Crippen molar-refractivity contribution in [1.29, 1.82) is 0 Å². The monoisotopic (exact) mass is 490 g/mol. The lowest BCUT2D eigenvalue weighted by Crippen LogP contribution is -2.15. The Morgan fingerprint density at radius 2 is 1.34 bits per heavy atom. The molecule has 0 aliphatic heterocycles. The highest BCUT2D eigenvalue weighted by Gasteiger charge is 2.37. The fourth-order valence-electron chi connectivity index (χ4n) is 3.45. The van der Waals surface area contributed by atoms with Crippen molar-refractivity contribution < 1.29 is 31.1 Å². The lowest BCUT2D eigenvalue weighted by Gasteiger charge is -2.15. The SMILES string of the molecule is O=C(Nc1ccccc1)c1nnn(Cc2cc(C(F)(F)F)cc(C(F)(F)F)c2)c1-c1ccccc1. The predicted molar refractivity (Wildman–Crippen MR) is 115 cm³/mol. The summed E-state index contributed by atoms with van der Waals surface area (Å²) in [7, 11) is 0. The molecule has 35 heavy (non-hydrogen) atoms. The smallest absolute Gasteiger partial charge is 0.321 e. The van der Waals surface area contributed by atoms with E-state index in [2.05, 4.69) is 15.6 Å². The Morgan fingerprint density at radius 3 is 1.89 bits per heavy atom. The van der Waals surface area contributed by atoms with E-state index in [4.69, 9.17) is 0 Å². The van der Waals surface area contributed by atoms with Gasteiger partial charge in [-0.1, -0.05) is 53.7 Å². The second kappa shape index (κ2) is 9.24. The molecular formula is C24H16F6N4O. The lowest BCUT2D eigenvalue weighted by atomic mass is 10.0. The summed E-state index contributed by atoms with van der Waals surface area (Å²) in [6.07, 6.45) is -9.97. The zero-order valence-corrected chi connectivity index (χ0v) is 17.7. The first kappa shape index (κ1) is 24.0. The van der Waals surface area contributed by atoms with Gasteiger partial charge in [-0.25, -0.2) is 4.68 Å². The second-order valence-corrected chi connectivity index (χ2v) is 7.54. The summed E-state index contributed by atoms with van der Waals surface area (Å²) in [4.78, 5) is 12.9. The first-order valence-corrected chi connectivity index (χ1v) is 10.2. The van der Waals surface area contributed by atoms with Crippen LogP contribution in [0.4, 0.5) is 32.0 Å². The minimum absolute atomic E-state index is 0.0572. The Balaban J connectivity index is 1.78. The number of nitrogens with zero attached hydrogens (tertiary/aromatic N) is 3. The highest BCUT2D eigenvalue weighted by Crippen LogP contribution is 2.36. The van der Waals surface area contributed by atoms with Crippen LogP contribution in [0.15, 0.2) is 78.9 Å². The maximum Gasteiger partial charge on any atom is 0.416 e. The van der Waals surface area contributed by atoms with Gasteiger partial charge in [0.25, 0.3) is 5.91 Å². The number of alkyl halides is 6. The third kappa shape index (κ3) is 5.51. The molecule has 5 nitrogen and oxygen atoms in total. The van der Waals surface area contributed by atoms with Crippen molar-refractivity contribution in [3.05, 3.63) is 101 Å². The third-order valence-electron chi connectivity index (χ3n) is 5.01. The van der Waals surface area contributed by atoms with E-state index in [0.29, 0.717) is 23.4 Å². The van der Waals surface area contributed by atoms with Crippen molar-refractivity contribution >= 4 is 11.6 Å². The van der Waals surface area contributed by atoms with E-state index in [1.165, 1.54) is 0 Å². The van der Waals surface area contributed by atoms with Crippen molar-refractivity contribution in [2.24, 2.45) is 0 Å². The molecule has 1 heterocycles.